The van der Waals surface area contributed by atoms with Crippen molar-refractivity contribution in [2.24, 2.45) is 0 Å². The lowest BCUT2D eigenvalue weighted by Crippen LogP contribution is -2.26. The predicted molar refractivity (Wildman–Crippen MR) is 84.3 cm³/mol. The Hall–Kier alpha value is -0.960. The second-order valence-corrected chi connectivity index (χ2v) is 7.75. The van der Waals surface area contributed by atoms with Gasteiger partial charge in [-0.15, -0.1) is 11.3 Å². The van der Waals surface area contributed by atoms with Crippen molar-refractivity contribution in [3.05, 3.63) is 38.8 Å². The highest BCUT2D eigenvalue weighted by Crippen LogP contribution is 2.24. The molecule has 0 unspecified atom stereocenters. The molecule has 0 spiro atoms. The lowest BCUT2D eigenvalue weighted by atomic mass is 10.3. The van der Waals surface area contributed by atoms with Crippen molar-refractivity contribution in [1.82, 2.24) is 9.71 Å². The zero-order valence-electron chi connectivity index (χ0n) is 10.8. The number of nitrogen functional groups attached to an aromatic ring is 1. The van der Waals surface area contributed by atoms with Crippen molar-refractivity contribution in [2.75, 3.05) is 12.3 Å². The average molecular weight is 376 g/mol. The zero-order valence-corrected chi connectivity index (χ0v) is 14.0. The number of nitrogens with two attached hydrogens (primary N) is 1. The van der Waals surface area contributed by atoms with E-state index in [-0.39, 0.29) is 4.90 Å². The SMILES string of the molecule is Cc1csc(CCNS(=O)(=O)c2ccc(N)cc2Br)n1. The van der Waals surface area contributed by atoms with Gasteiger partial charge >= 0.3 is 0 Å². The molecule has 0 aliphatic rings. The molecule has 0 fully saturated rings. The van der Waals surface area contributed by atoms with E-state index in [4.69, 9.17) is 5.73 Å². The van der Waals surface area contributed by atoms with Gasteiger partial charge in [-0.3, -0.25) is 0 Å². The lowest BCUT2D eigenvalue weighted by molar-refractivity contribution is 0.581. The third kappa shape index (κ3) is 3.78. The highest BCUT2D eigenvalue weighted by Gasteiger charge is 2.17. The molecule has 1 aromatic heterocycles. The second-order valence-electron chi connectivity index (χ2n) is 4.22. The van der Waals surface area contributed by atoms with Crippen LogP contribution in [-0.4, -0.2) is 19.9 Å². The molecule has 1 heterocycles. The van der Waals surface area contributed by atoms with Crippen LogP contribution in [0.2, 0.25) is 0 Å². The van der Waals surface area contributed by atoms with Gasteiger partial charge in [0.1, 0.15) is 0 Å². The Morgan fingerprint density at radius 1 is 1.45 bits per heavy atom. The summed E-state index contributed by atoms with van der Waals surface area (Å²) in [6.45, 7) is 2.22. The molecule has 0 aliphatic heterocycles. The maximum Gasteiger partial charge on any atom is 0.241 e. The number of thiazole rings is 1. The Balaban J connectivity index is 2.04. The number of aryl methyl sites for hydroxylation is 1. The van der Waals surface area contributed by atoms with Gasteiger partial charge in [-0.2, -0.15) is 0 Å². The quantitative estimate of drug-likeness (QED) is 0.785. The molecule has 0 atom stereocenters. The molecule has 3 N–H and O–H groups in total. The van der Waals surface area contributed by atoms with E-state index in [2.05, 4.69) is 25.6 Å². The first kappa shape index (κ1) is 15.4. The van der Waals surface area contributed by atoms with Crippen molar-refractivity contribution in [3.8, 4) is 0 Å². The molecule has 2 aromatic rings. The zero-order chi connectivity index (χ0) is 14.8. The summed E-state index contributed by atoms with van der Waals surface area (Å²) in [4.78, 5) is 4.47. The molecule has 20 heavy (non-hydrogen) atoms. The highest BCUT2D eigenvalue weighted by molar-refractivity contribution is 9.10. The molecule has 0 saturated carbocycles. The van der Waals surface area contributed by atoms with Gasteiger partial charge in [-0.1, -0.05) is 0 Å². The molecule has 108 valence electrons. The fourth-order valence-corrected chi connectivity index (χ4v) is 4.52. The van der Waals surface area contributed by atoms with E-state index in [1.165, 1.54) is 17.4 Å². The van der Waals surface area contributed by atoms with Gasteiger partial charge < -0.3 is 5.73 Å². The average Bonchev–Trinajstić information content (AvgIpc) is 2.74. The van der Waals surface area contributed by atoms with Crippen LogP contribution in [-0.2, 0) is 16.4 Å². The van der Waals surface area contributed by atoms with E-state index in [1.807, 2.05) is 12.3 Å². The van der Waals surface area contributed by atoms with E-state index < -0.39 is 10.0 Å². The van der Waals surface area contributed by atoms with Gasteiger partial charge in [-0.25, -0.2) is 18.1 Å². The molecule has 8 heteroatoms. The van der Waals surface area contributed by atoms with Gasteiger partial charge in [-0.05, 0) is 41.1 Å². The summed E-state index contributed by atoms with van der Waals surface area (Å²) in [6.07, 6.45) is 0.574. The molecule has 0 bridgehead atoms. The first-order chi connectivity index (χ1) is 9.38. The molecule has 0 amide bonds. The number of rotatable bonds is 5. The minimum absolute atomic E-state index is 0.182. The van der Waals surface area contributed by atoms with Crippen LogP contribution in [0.15, 0.2) is 32.9 Å². The van der Waals surface area contributed by atoms with Gasteiger partial charge in [0.05, 0.1) is 9.90 Å². The number of hydrogen-bond acceptors (Lipinski definition) is 5. The number of nitrogens with zero attached hydrogens (tertiary/aromatic N) is 1. The Morgan fingerprint density at radius 3 is 2.80 bits per heavy atom. The van der Waals surface area contributed by atoms with Crippen LogP contribution in [0.4, 0.5) is 5.69 Å². The van der Waals surface area contributed by atoms with Gasteiger partial charge in [0.15, 0.2) is 0 Å². The number of benzene rings is 1. The predicted octanol–water partition coefficient (Wildman–Crippen LogP) is 2.32. The van der Waals surface area contributed by atoms with Gasteiger partial charge in [0, 0.05) is 34.2 Å². The van der Waals surface area contributed by atoms with Crippen molar-refractivity contribution < 1.29 is 8.42 Å². The van der Waals surface area contributed by atoms with Crippen molar-refractivity contribution >= 4 is 43.0 Å². The second kappa shape index (κ2) is 6.21. The van der Waals surface area contributed by atoms with Crippen LogP contribution in [0.3, 0.4) is 0 Å². The number of aromatic nitrogens is 1. The number of nitrogens with one attached hydrogen (secondary N) is 1. The normalized spacial score (nSPS) is 11.7. The van der Waals surface area contributed by atoms with Crippen LogP contribution in [0.1, 0.15) is 10.7 Å². The van der Waals surface area contributed by atoms with E-state index in [0.717, 1.165) is 10.7 Å². The smallest absolute Gasteiger partial charge is 0.241 e. The fraction of sp³-hybridized carbons (Fsp3) is 0.250. The molecule has 1 aromatic carbocycles. The summed E-state index contributed by atoms with van der Waals surface area (Å²) >= 11 is 4.74. The van der Waals surface area contributed by atoms with Gasteiger partial charge in [0.2, 0.25) is 10.0 Å². The third-order valence-corrected chi connectivity index (χ3v) is 6.01. The fourth-order valence-electron chi connectivity index (χ4n) is 1.62. The van der Waals surface area contributed by atoms with Crippen LogP contribution < -0.4 is 10.5 Å². The van der Waals surface area contributed by atoms with Crippen LogP contribution >= 0.6 is 27.3 Å². The Morgan fingerprint density at radius 2 is 2.20 bits per heavy atom. The summed E-state index contributed by atoms with van der Waals surface area (Å²) in [5.41, 5.74) is 7.06. The number of hydrogen-bond donors (Lipinski definition) is 2. The summed E-state index contributed by atoms with van der Waals surface area (Å²) in [5, 5.41) is 2.86. The number of halogens is 1. The molecule has 5 nitrogen and oxygen atoms in total. The van der Waals surface area contributed by atoms with Crippen molar-refractivity contribution in [3.63, 3.8) is 0 Å². The van der Waals surface area contributed by atoms with Crippen LogP contribution in [0.5, 0.6) is 0 Å². The van der Waals surface area contributed by atoms with E-state index in [1.54, 1.807) is 12.1 Å². The summed E-state index contributed by atoms with van der Waals surface area (Å²) < 4.78 is 27.3. The molecule has 0 aliphatic carbocycles. The minimum atomic E-state index is -3.55. The van der Waals surface area contributed by atoms with Crippen molar-refractivity contribution in [1.29, 1.82) is 0 Å². The van der Waals surface area contributed by atoms with Gasteiger partial charge in [0.25, 0.3) is 0 Å². The van der Waals surface area contributed by atoms with E-state index in [0.29, 0.717) is 23.1 Å². The minimum Gasteiger partial charge on any atom is -0.399 e. The molecule has 0 saturated heterocycles. The topological polar surface area (TPSA) is 85.1 Å². The van der Waals surface area contributed by atoms with Crippen LogP contribution in [0.25, 0.3) is 0 Å². The lowest BCUT2D eigenvalue weighted by Gasteiger charge is -2.08. The molecular formula is C12H14BrN3O2S2. The monoisotopic (exact) mass is 375 g/mol. The third-order valence-electron chi connectivity index (χ3n) is 2.54. The first-order valence-corrected chi connectivity index (χ1v) is 9.00. The summed E-state index contributed by atoms with van der Waals surface area (Å²) in [6, 6.07) is 4.61. The van der Waals surface area contributed by atoms with Crippen LogP contribution in [0, 0.1) is 6.92 Å². The Labute approximate surface area is 130 Å². The first-order valence-electron chi connectivity index (χ1n) is 5.84. The largest absolute Gasteiger partial charge is 0.399 e. The Bertz CT molecular complexity index is 713. The number of sulfonamides is 1. The van der Waals surface area contributed by atoms with Crippen molar-refractivity contribution in [2.45, 2.75) is 18.2 Å². The maximum atomic E-state index is 12.2. The van der Waals surface area contributed by atoms with E-state index >= 15 is 0 Å². The number of anilines is 1. The summed E-state index contributed by atoms with van der Waals surface area (Å²) in [7, 11) is -3.55. The molecule has 0 radical (unpaired) electrons. The maximum absolute atomic E-state index is 12.2. The molecular weight excluding hydrogens is 362 g/mol. The Kier molecular flexibility index (Phi) is 4.79. The standard InChI is InChI=1S/C12H14BrN3O2S2/c1-8-7-19-12(16-8)4-5-15-20(17,18)11-3-2-9(14)6-10(11)13/h2-3,6-7,15H,4-5,14H2,1H3. The highest BCUT2D eigenvalue weighted by atomic mass is 79.9. The summed E-state index contributed by atoms with van der Waals surface area (Å²) in [5.74, 6) is 0. The molecule has 2 rings (SSSR count). The van der Waals surface area contributed by atoms with E-state index in [9.17, 15) is 8.42 Å².